The number of fused-ring (bicyclic) bond motifs is 1. The van der Waals surface area contributed by atoms with Gasteiger partial charge in [0.2, 0.25) is 5.88 Å². The fraction of sp³-hybridized carbons (Fsp3) is 0.0769. The summed E-state index contributed by atoms with van der Waals surface area (Å²) in [5.74, 6) is 0.870. The lowest BCUT2D eigenvalue weighted by molar-refractivity contribution is 0.455. The largest absolute Gasteiger partial charge is 0.493 e. The summed E-state index contributed by atoms with van der Waals surface area (Å²) in [6.07, 6.45) is 0. The SMILES string of the molecule is Bc1ccccc1-n1c(C)nc2ccc(O)nc21. The van der Waals surface area contributed by atoms with Crippen molar-refractivity contribution in [3.8, 4) is 11.6 Å². The quantitative estimate of drug-likeness (QED) is 0.633. The van der Waals surface area contributed by atoms with Gasteiger partial charge in [-0.3, -0.25) is 4.57 Å². The molecule has 88 valence electrons. The van der Waals surface area contributed by atoms with E-state index in [2.05, 4.69) is 9.97 Å². The van der Waals surface area contributed by atoms with Crippen molar-refractivity contribution in [1.29, 1.82) is 0 Å². The highest BCUT2D eigenvalue weighted by molar-refractivity contribution is 6.34. The van der Waals surface area contributed by atoms with Gasteiger partial charge in [-0.05, 0) is 19.1 Å². The monoisotopic (exact) mass is 237 g/mol. The first kappa shape index (κ1) is 10.8. The number of aromatic nitrogens is 3. The molecule has 4 nitrogen and oxygen atoms in total. The van der Waals surface area contributed by atoms with Gasteiger partial charge in [-0.15, -0.1) is 0 Å². The van der Waals surface area contributed by atoms with E-state index < -0.39 is 0 Å². The summed E-state index contributed by atoms with van der Waals surface area (Å²) in [4.78, 5) is 8.63. The van der Waals surface area contributed by atoms with Gasteiger partial charge >= 0.3 is 0 Å². The number of nitrogens with zero attached hydrogens (tertiary/aromatic N) is 3. The van der Waals surface area contributed by atoms with Crippen molar-refractivity contribution in [3.63, 3.8) is 0 Å². The number of aryl methyl sites for hydroxylation is 1. The van der Waals surface area contributed by atoms with E-state index in [0.29, 0.717) is 5.65 Å². The van der Waals surface area contributed by atoms with E-state index in [9.17, 15) is 5.11 Å². The number of imidazole rings is 1. The first-order chi connectivity index (χ1) is 8.66. The number of hydrogen-bond donors (Lipinski definition) is 1. The summed E-state index contributed by atoms with van der Waals surface area (Å²) >= 11 is 0. The third-order valence-corrected chi connectivity index (χ3v) is 3.01. The minimum Gasteiger partial charge on any atom is -0.493 e. The molecule has 0 unspecified atom stereocenters. The zero-order chi connectivity index (χ0) is 12.7. The van der Waals surface area contributed by atoms with Crippen molar-refractivity contribution in [2.75, 3.05) is 0 Å². The highest BCUT2D eigenvalue weighted by atomic mass is 16.3. The molecule has 0 amide bonds. The van der Waals surface area contributed by atoms with Gasteiger partial charge in [0, 0.05) is 11.8 Å². The van der Waals surface area contributed by atoms with Gasteiger partial charge in [-0.25, -0.2) is 4.98 Å². The van der Waals surface area contributed by atoms with Gasteiger partial charge in [-0.1, -0.05) is 23.7 Å². The van der Waals surface area contributed by atoms with Crippen molar-refractivity contribution in [3.05, 3.63) is 42.2 Å². The maximum atomic E-state index is 9.53. The molecule has 1 N–H and O–H groups in total. The highest BCUT2D eigenvalue weighted by Crippen LogP contribution is 2.20. The average Bonchev–Trinajstić information content (AvgIpc) is 2.66. The number of rotatable bonds is 1. The Bertz CT molecular complexity index is 736. The minimum atomic E-state index is 0.0113. The van der Waals surface area contributed by atoms with Gasteiger partial charge < -0.3 is 5.11 Å². The summed E-state index contributed by atoms with van der Waals surface area (Å²) in [7, 11) is 2.05. The van der Waals surface area contributed by atoms with Crippen LogP contribution in [0.4, 0.5) is 0 Å². The predicted octanol–water partition coefficient (Wildman–Crippen LogP) is 0.693. The third-order valence-electron chi connectivity index (χ3n) is 3.01. The molecule has 0 atom stereocenters. The Kier molecular flexibility index (Phi) is 2.33. The molecule has 1 aromatic carbocycles. The van der Waals surface area contributed by atoms with Gasteiger partial charge in [-0.2, -0.15) is 4.98 Å². The zero-order valence-corrected chi connectivity index (χ0v) is 10.3. The lowest BCUT2D eigenvalue weighted by Gasteiger charge is -2.09. The van der Waals surface area contributed by atoms with Crippen LogP contribution in [0.1, 0.15) is 5.82 Å². The van der Waals surface area contributed by atoms with Crippen LogP contribution in [0.5, 0.6) is 5.88 Å². The van der Waals surface area contributed by atoms with Crippen LogP contribution in [0.3, 0.4) is 0 Å². The van der Waals surface area contributed by atoms with Crippen LogP contribution < -0.4 is 5.46 Å². The Balaban J connectivity index is 2.38. The highest BCUT2D eigenvalue weighted by Gasteiger charge is 2.12. The molecule has 0 aliphatic heterocycles. The number of aromatic hydroxyl groups is 1. The van der Waals surface area contributed by atoms with Crippen LogP contribution in [0.15, 0.2) is 36.4 Å². The van der Waals surface area contributed by atoms with Crippen LogP contribution in [0.25, 0.3) is 16.9 Å². The van der Waals surface area contributed by atoms with Crippen LogP contribution in [-0.4, -0.2) is 27.5 Å². The van der Waals surface area contributed by atoms with E-state index in [1.165, 1.54) is 0 Å². The first-order valence-corrected chi connectivity index (χ1v) is 5.78. The van der Waals surface area contributed by atoms with Gasteiger partial charge in [0.05, 0.1) is 0 Å². The lowest BCUT2D eigenvalue weighted by Crippen LogP contribution is -2.13. The second-order valence-electron chi connectivity index (χ2n) is 4.29. The maximum absolute atomic E-state index is 9.53. The normalized spacial score (nSPS) is 10.9. The Labute approximate surface area is 105 Å². The second kappa shape index (κ2) is 3.87. The Hall–Kier alpha value is -2.30. The molecular formula is C13H12BN3O. The number of benzene rings is 1. The fourth-order valence-electron chi connectivity index (χ4n) is 2.16. The summed E-state index contributed by atoms with van der Waals surface area (Å²) in [6, 6.07) is 11.4. The van der Waals surface area contributed by atoms with Crippen LogP contribution in [0.2, 0.25) is 0 Å². The fourth-order valence-corrected chi connectivity index (χ4v) is 2.16. The molecule has 0 saturated carbocycles. The van der Waals surface area contributed by atoms with Crippen molar-refractivity contribution in [2.45, 2.75) is 6.92 Å². The Morgan fingerprint density at radius 3 is 2.67 bits per heavy atom. The van der Waals surface area contributed by atoms with Crippen molar-refractivity contribution >= 4 is 24.5 Å². The number of pyridine rings is 1. The average molecular weight is 237 g/mol. The summed E-state index contributed by atoms with van der Waals surface area (Å²) in [6.45, 7) is 1.94. The van der Waals surface area contributed by atoms with Crippen LogP contribution in [-0.2, 0) is 0 Å². The lowest BCUT2D eigenvalue weighted by atomic mass is 9.94. The number of para-hydroxylation sites is 1. The predicted molar refractivity (Wildman–Crippen MR) is 73.4 cm³/mol. The molecule has 18 heavy (non-hydrogen) atoms. The molecule has 0 spiro atoms. The van der Waals surface area contributed by atoms with E-state index in [0.717, 1.165) is 22.5 Å². The molecule has 5 heteroatoms. The minimum absolute atomic E-state index is 0.0113. The van der Waals surface area contributed by atoms with Gasteiger partial charge in [0.25, 0.3) is 0 Å². The molecule has 0 aliphatic rings. The van der Waals surface area contributed by atoms with Crippen LogP contribution >= 0.6 is 0 Å². The molecule has 3 rings (SSSR count). The molecule has 0 saturated heterocycles. The molecule has 0 fully saturated rings. The summed E-state index contributed by atoms with van der Waals surface area (Å²) in [5, 5.41) is 9.53. The van der Waals surface area contributed by atoms with E-state index in [1.807, 2.05) is 43.6 Å². The van der Waals surface area contributed by atoms with E-state index in [1.54, 1.807) is 12.1 Å². The molecular weight excluding hydrogens is 225 g/mol. The van der Waals surface area contributed by atoms with Crippen molar-refractivity contribution < 1.29 is 5.11 Å². The van der Waals surface area contributed by atoms with Crippen LogP contribution in [0, 0.1) is 6.92 Å². The van der Waals surface area contributed by atoms with Crippen molar-refractivity contribution in [1.82, 2.24) is 14.5 Å². The molecule has 2 aromatic heterocycles. The molecule has 0 aliphatic carbocycles. The Morgan fingerprint density at radius 2 is 1.89 bits per heavy atom. The van der Waals surface area contributed by atoms with E-state index in [4.69, 9.17) is 0 Å². The second-order valence-corrected chi connectivity index (χ2v) is 4.29. The maximum Gasteiger partial charge on any atom is 0.212 e. The standard InChI is InChI=1S/C13H12BN3O/c1-8-15-10-6-7-12(18)16-13(10)17(8)11-5-3-2-4-9(11)14/h2-7H,14H2,1H3,(H,16,18). The van der Waals surface area contributed by atoms with Crippen molar-refractivity contribution in [2.24, 2.45) is 0 Å². The number of hydrogen-bond acceptors (Lipinski definition) is 3. The topological polar surface area (TPSA) is 50.9 Å². The van der Waals surface area contributed by atoms with E-state index >= 15 is 0 Å². The molecule has 0 radical (unpaired) electrons. The molecule has 0 bridgehead atoms. The third kappa shape index (κ3) is 1.56. The zero-order valence-electron chi connectivity index (χ0n) is 10.3. The smallest absolute Gasteiger partial charge is 0.212 e. The molecule has 3 aromatic rings. The first-order valence-electron chi connectivity index (χ1n) is 5.78. The Morgan fingerprint density at radius 1 is 1.11 bits per heavy atom. The van der Waals surface area contributed by atoms with E-state index in [-0.39, 0.29) is 5.88 Å². The molecule has 2 heterocycles. The summed E-state index contributed by atoms with van der Waals surface area (Å²) in [5.41, 5.74) is 3.65. The van der Waals surface area contributed by atoms with Gasteiger partial charge in [0.15, 0.2) is 5.65 Å². The summed E-state index contributed by atoms with van der Waals surface area (Å²) < 4.78 is 1.96. The van der Waals surface area contributed by atoms with Gasteiger partial charge in [0.1, 0.15) is 19.2 Å².